The maximum atomic E-state index is 11.3. The summed E-state index contributed by atoms with van der Waals surface area (Å²) < 4.78 is 4.54. The lowest BCUT2D eigenvalue weighted by molar-refractivity contribution is -0.122. The summed E-state index contributed by atoms with van der Waals surface area (Å²) in [6.45, 7) is 5.61. The average molecular weight is 232 g/mol. The van der Waals surface area contributed by atoms with Crippen LogP contribution >= 0.6 is 0 Å². The summed E-state index contributed by atoms with van der Waals surface area (Å²) in [5.41, 5.74) is -0.269. The monoisotopic (exact) mass is 232 g/mol. The number of aliphatic hydroxyl groups excluding tert-OH is 1. The van der Waals surface area contributed by atoms with E-state index in [1.54, 1.807) is 0 Å². The summed E-state index contributed by atoms with van der Waals surface area (Å²) in [4.78, 5) is 22.2. The molecule has 0 aliphatic heterocycles. The number of rotatable bonds is 5. The first kappa shape index (κ1) is 14.7. The highest BCUT2D eigenvalue weighted by atomic mass is 16.6. The number of amides is 2. The van der Waals surface area contributed by atoms with E-state index in [1.165, 1.54) is 0 Å². The molecule has 0 bridgehead atoms. The van der Waals surface area contributed by atoms with Gasteiger partial charge in [0.05, 0.1) is 6.61 Å². The quantitative estimate of drug-likeness (QED) is 0.623. The van der Waals surface area contributed by atoms with Crippen LogP contribution in [0.15, 0.2) is 0 Å². The van der Waals surface area contributed by atoms with E-state index in [2.05, 4.69) is 15.4 Å². The van der Waals surface area contributed by atoms with Gasteiger partial charge in [-0.25, -0.2) is 4.79 Å². The molecule has 0 fully saturated rings. The van der Waals surface area contributed by atoms with E-state index < -0.39 is 6.09 Å². The third-order valence-corrected chi connectivity index (χ3v) is 1.46. The van der Waals surface area contributed by atoms with Crippen molar-refractivity contribution in [2.24, 2.45) is 0 Å². The number of hydrogen-bond donors (Lipinski definition) is 3. The van der Waals surface area contributed by atoms with Crippen LogP contribution < -0.4 is 10.6 Å². The molecular formula is C10H20N2O4. The summed E-state index contributed by atoms with van der Waals surface area (Å²) in [6.07, 6.45) is -0.427. The standard InChI is InChI=1S/C10H20N2O4/c1-10(2,3)12-8(14)4-5-11-9(15)16-7-6-13/h13H,4-7H2,1-3H3,(H,11,15)(H,12,14). The zero-order valence-corrected chi connectivity index (χ0v) is 10.0. The van der Waals surface area contributed by atoms with Crippen LogP contribution in [0.3, 0.4) is 0 Å². The van der Waals surface area contributed by atoms with Gasteiger partial charge in [0, 0.05) is 18.5 Å². The van der Waals surface area contributed by atoms with Gasteiger partial charge in [-0.15, -0.1) is 0 Å². The molecule has 6 nitrogen and oxygen atoms in total. The Labute approximate surface area is 95.4 Å². The lowest BCUT2D eigenvalue weighted by Crippen LogP contribution is -2.42. The Bertz CT molecular complexity index is 235. The first-order valence-corrected chi connectivity index (χ1v) is 5.17. The van der Waals surface area contributed by atoms with Gasteiger partial charge in [0.2, 0.25) is 5.91 Å². The molecule has 0 aliphatic carbocycles. The van der Waals surface area contributed by atoms with Crippen LogP contribution in [-0.2, 0) is 9.53 Å². The fourth-order valence-electron chi connectivity index (χ4n) is 0.948. The summed E-state index contributed by atoms with van der Waals surface area (Å²) in [5, 5.41) is 13.6. The molecular weight excluding hydrogens is 212 g/mol. The molecule has 2 amide bonds. The smallest absolute Gasteiger partial charge is 0.407 e. The van der Waals surface area contributed by atoms with Crippen LogP contribution in [0.1, 0.15) is 27.2 Å². The predicted octanol–water partition coefficient (Wildman–Crippen LogP) is 0.00970. The van der Waals surface area contributed by atoms with E-state index in [4.69, 9.17) is 5.11 Å². The molecule has 0 spiro atoms. The van der Waals surface area contributed by atoms with Gasteiger partial charge in [0.15, 0.2) is 0 Å². The maximum absolute atomic E-state index is 11.3. The minimum Gasteiger partial charge on any atom is -0.447 e. The van der Waals surface area contributed by atoms with Gasteiger partial charge in [-0.2, -0.15) is 0 Å². The highest BCUT2D eigenvalue weighted by Gasteiger charge is 2.13. The molecule has 0 heterocycles. The first-order valence-electron chi connectivity index (χ1n) is 5.17. The summed E-state index contributed by atoms with van der Waals surface area (Å²) in [6, 6.07) is 0. The lowest BCUT2D eigenvalue weighted by Gasteiger charge is -2.20. The second-order valence-electron chi connectivity index (χ2n) is 4.33. The van der Waals surface area contributed by atoms with E-state index in [0.29, 0.717) is 0 Å². The van der Waals surface area contributed by atoms with Gasteiger partial charge < -0.3 is 20.5 Å². The van der Waals surface area contributed by atoms with Crippen molar-refractivity contribution < 1.29 is 19.4 Å². The Kier molecular flexibility index (Phi) is 6.48. The molecule has 0 unspecified atom stereocenters. The van der Waals surface area contributed by atoms with Crippen molar-refractivity contribution in [3.8, 4) is 0 Å². The van der Waals surface area contributed by atoms with E-state index in [9.17, 15) is 9.59 Å². The Morgan fingerprint density at radius 1 is 1.31 bits per heavy atom. The van der Waals surface area contributed by atoms with Crippen LogP contribution in [0.4, 0.5) is 4.79 Å². The van der Waals surface area contributed by atoms with Crippen molar-refractivity contribution in [3.05, 3.63) is 0 Å². The van der Waals surface area contributed by atoms with Crippen molar-refractivity contribution in [2.75, 3.05) is 19.8 Å². The third-order valence-electron chi connectivity index (χ3n) is 1.46. The Morgan fingerprint density at radius 3 is 2.44 bits per heavy atom. The molecule has 94 valence electrons. The molecule has 3 N–H and O–H groups in total. The number of ether oxygens (including phenoxy) is 1. The van der Waals surface area contributed by atoms with E-state index >= 15 is 0 Å². The van der Waals surface area contributed by atoms with Crippen molar-refractivity contribution in [3.63, 3.8) is 0 Å². The van der Waals surface area contributed by atoms with Crippen LogP contribution in [0.5, 0.6) is 0 Å². The number of hydrogen-bond acceptors (Lipinski definition) is 4. The number of aliphatic hydroxyl groups is 1. The van der Waals surface area contributed by atoms with Crippen molar-refractivity contribution in [2.45, 2.75) is 32.7 Å². The number of carbonyl (C=O) groups excluding carboxylic acids is 2. The Hall–Kier alpha value is -1.30. The lowest BCUT2D eigenvalue weighted by atomic mass is 10.1. The highest BCUT2D eigenvalue weighted by Crippen LogP contribution is 1.98. The molecule has 0 radical (unpaired) electrons. The second kappa shape index (κ2) is 7.05. The molecule has 0 aromatic heterocycles. The van der Waals surface area contributed by atoms with Gasteiger partial charge in [-0.3, -0.25) is 4.79 Å². The van der Waals surface area contributed by atoms with Gasteiger partial charge in [0.1, 0.15) is 6.61 Å². The molecule has 0 saturated carbocycles. The Balaban J connectivity index is 3.58. The fraction of sp³-hybridized carbons (Fsp3) is 0.800. The maximum Gasteiger partial charge on any atom is 0.407 e. The molecule has 0 aliphatic rings. The first-order chi connectivity index (χ1) is 7.35. The third kappa shape index (κ3) is 9.26. The average Bonchev–Trinajstić information content (AvgIpc) is 2.11. The van der Waals surface area contributed by atoms with Gasteiger partial charge in [0.25, 0.3) is 0 Å². The largest absolute Gasteiger partial charge is 0.447 e. The zero-order chi connectivity index (χ0) is 12.6. The normalized spacial score (nSPS) is 10.8. The Morgan fingerprint density at radius 2 is 1.94 bits per heavy atom. The molecule has 6 heteroatoms. The molecule has 0 saturated heterocycles. The van der Waals surface area contributed by atoms with Gasteiger partial charge in [-0.1, -0.05) is 0 Å². The summed E-state index contributed by atoms with van der Waals surface area (Å²) in [5.74, 6) is -0.130. The molecule has 0 rings (SSSR count). The number of carbonyl (C=O) groups is 2. The topological polar surface area (TPSA) is 87.7 Å². The van der Waals surface area contributed by atoms with Gasteiger partial charge >= 0.3 is 6.09 Å². The van der Waals surface area contributed by atoms with Crippen LogP contribution in [-0.4, -0.2) is 42.4 Å². The van der Waals surface area contributed by atoms with Crippen molar-refractivity contribution in [1.29, 1.82) is 0 Å². The minimum atomic E-state index is -0.627. The van der Waals surface area contributed by atoms with Crippen molar-refractivity contribution >= 4 is 12.0 Å². The fourth-order valence-corrected chi connectivity index (χ4v) is 0.948. The molecule has 16 heavy (non-hydrogen) atoms. The molecule has 0 atom stereocenters. The summed E-state index contributed by atoms with van der Waals surface area (Å²) >= 11 is 0. The van der Waals surface area contributed by atoms with E-state index in [1.807, 2.05) is 20.8 Å². The van der Waals surface area contributed by atoms with Crippen LogP contribution in [0, 0.1) is 0 Å². The second-order valence-corrected chi connectivity index (χ2v) is 4.33. The van der Waals surface area contributed by atoms with Crippen LogP contribution in [0.2, 0.25) is 0 Å². The van der Waals surface area contributed by atoms with E-state index in [-0.39, 0.29) is 37.6 Å². The van der Waals surface area contributed by atoms with Gasteiger partial charge in [-0.05, 0) is 20.8 Å². The predicted molar refractivity (Wildman–Crippen MR) is 58.9 cm³/mol. The van der Waals surface area contributed by atoms with E-state index in [0.717, 1.165) is 0 Å². The molecule has 0 aromatic rings. The zero-order valence-electron chi connectivity index (χ0n) is 10.0. The summed E-state index contributed by atoms with van der Waals surface area (Å²) in [7, 11) is 0. The number of alkyl carbamates (subject to hydrolysis) is 1. The molecule has 0 aromatic carbocycles. The minimum absolute atomic E-state index is 0.0416. The highest BCUT2D eigenvalue weighted by molar-refractivity contribution is 5.77. The van der Waals surface area contributed by atoms with Crippen LogP contribution in [0.25, 0.3) is 0 Å². The van der Waals surface area contributed by atoms with Crippen molar-refractivity contribution in [1.82, 2.24) is 10.6 Å². The SMILES string of the molecule is CC(C)(C)NC(=O)CCNC(=O)OCCO. The number of nitrogens with one attached hydrogen (secondary N) is 2.